The van der Waals surface area contributed by atoms with Crippen molar-refractivity contribution >= 4 is 33.5 Å². The van der Waals surface area contributed by atoms with Crippen LogP contribution in [0.1, 0.15) is 25.5 Å². The van der Waals surface area contributed by atoms with Gasteiger partial charge in [-0.05, 0) is 46.1 Å². The third kappa shape index (κ3) is 4.30. The molecule has 0 radical (unpaired) electrons. The van der Waals surface area contributed by atoms with Crippen molar-refractivity contribution in [2.75, 3.05) is 6.54 Å². The third-order valence-electron chi connectivity index (χ3n) is 2.25. The zero-order valence-corrected chi connectivity index (χ0v) is 12.0. The molecule has 0 aliphatic rings. The number of carbonyl (C=O) groups is 1. The molecule has 1 atom stereocenters. The molecule has 0 heterocycles. The molecule has 0 aliphatic carbocycles. The van der Waals surface area contributed by atoms with Crippen molar-refractivity contribution in [2.45, 2.75) is 19.9 Å². The van der Waals surface area contributed by atoms with E-state index in [-0.39, 0.29) is 0 Å². The van der Waals surface area contributed by atoms with E-state index in [1.54, 1.807) is 18.2 Å². The molecule has 1 unspecified atom stereocenters. The molecular weight excluding hydrogens is 305 g/mol. The Balaban J connectivity index is 2.89. The van der Waals surface area contributed by atoms with E-state index in [4.69, 9.17) is 11.6 Å². The average molecular weight is 321 g/mol. The zero-order chi connectivity index (χ0) is 13.0. The SMILES string of the molecule is CC(C)CNC(C(=O)O)c1ccc(Cl)c(Br)c1. The van der Waals surface area contributed by atoms with Gasteiger partial charge in [0.1, 0.15) is 6.04 Å². The first-order valence-corrected chi connectivity index (χ1v) is 6.50. The van der Waals surface area contributed by atoms with Crippen LogP contribution in [0.5, 0.6) is 0 Å². The van der Waals surface area contributed by atoms with E-state index in [9.17, 15) is 9.90 Å². The van der Waals surface area contributed by atoms with E-state index in [2.05, 4.69) is 21.2 Å². The van der Waals surface area contributed by atoms with Crippen molar-refractivity contribution in [3.05, 3.63) is 33.3 Å². The van der Waals surface area contributed by atoms with Crippen LogP contribution >= 0.6 is 27.5 Å². The number of halogens is 2. The summed E-state index contributed by atoms with van der Waals surface area (Å²) < 4.78 is 0.703. The van der Waals surface area contributed by atoms with Gasteiger partial charge in [-0.1, -0.05) is 31.5 Å². The van der Waals surface area contributed by atoms with Crippen LogP contribution in [-0.4, -0.2) is 17.6 Å². The number of nitrogens with one attached hydrogen (secondary N) is 1. The Morgan fingerprint density at radius 2 is 2.18 bits per heavy atom. The van der Waals surface area contributed by atoms with Gasteiger partial charge in [-0.3, -0.25) is 4.79 Å². The number of hydrogen-bond donors (Lipinski definition) is 2. The van der Waals surface area contributed by atoms with E-state index in [1.807, 2.05) is 13.8 Å². The van der Waals surface area contributed by atoms with E-state index in [0.29, 0.717) is 27.5 Å². The van der Waals surface area contributed by atoms with E-state index < -0.39 is 12.0 Å². The molecule has 0 fully saturated rings. The maximum Gasteiger partial charge on any atom is 0.325 e. The molecule has 1 aromatic rings. The van der Waals surface area contributed by atoms with Crippen LogP contribution in [0.2, 0.25) is 5.02 Å². The monoisotopic (exact) mass is 319 g/mol. The van der Waals surface area contributed by atoms with Crippen LogP contribution < -0.4 is 5.32 Å². The Labute approximate surface area is 114 Å². The first-order valence-electron chi connectivity index (χ1n) is 5.33. The number of rotatable bonds is 5. The fourth-order valence-corrected chi connectivity index (χ4v) is 1.91. The van der Waals surface area contributed by atoms with Crippen LogP contribution in [0.15, 0.2) is 22.7 Å². The lowest BCUT2D eigenvalue weighted by molar-refractivity contribution is -0.139. The van der Waals surface area contributed by atoms with Crippen molar-refractivity contribution < 1.29 is 9.90 Å². The minimum Gasteiger partial charge on any atom is -0.480 e. The molecule has 0 aliphatic heterocycles. The molecule has 0 spiro atoms. The third-order valence-corrected chi connectivity index (χ3v) is 3.47. The standard InChI is InChI=1S/C12H15BrClNO2/c1-7(2)6-15-11(12(16)17)8-3-4-10(14)9(13)5-8/h3-5,7,11,15H,6H2,1-2H3,(H,16,17). The quantitative estimate of drug-likeness (QED) is 0.873. The predicted octanol–water partition coefficient (Wildman–Crippen LogP) is 3.47. The summed E-state index contributed by atoms with van der Waals surface area (Å²) in [5, 5.41) is 12.8. The van der Waals surface area contributed by atoms with Crippen molar-refractivity contribution in [2.24, 2.45) is 5.92 Å². The van der Waals surface area contributed by atoms with Gasteiger partial charge in [-0.15, -0.1) is 0 Å². The largest absolute Gasteiger partial charge is 0.480 e. The van der Waals surface area contributed by atoms with Crippen LogP contribution in [0.3, 0.4) is 0 Å². The average Bonchev–Trinajstić information content (AvgIpc) is 2.22. The molecule has 3 nitrogen and oxygen atoms in total. The van der Waals surface area contributed by atoms with Gasteiger partial charge in [0.2, 0.25) is 0 Å². The number of hydrogen-bond acceptors (Lipinski definition) is 2. The van der Waals surface area contributed by atoms with Crippen molar-refractivity contribution in [3.63, 3.8) is 0 Å². The summed E-state index contributed by atoms with van der Waals surface area (Å²) in [6, 6.07) is 4.44. The Morgan fingerprint density at radius 3 is 2.65 bits per heavy atom. The van der Waals surface area contributed by atoms with Gasteiger partial charge in [-0.2, -0.15) is 0 Å². The maximum absolute atomic E-state index is 11.2. The van der Waals surface area contributed by atoms with Gasteiger partial charge in [0.05, 0.1) is 5.02 Å². The first kappa shape index (κ1) is 14.5. The summed E-state index contributed by atoms with van der Waals surface area (Å²) >= 11 is 9.17. The molecule has 0 amide bonds. The smallest absolute Gasteiger partial charge is 0.325 e. The first-order chi connectivity index (χ1) is 7.91. The summed E-state index contributed by atoms with van der Waals surface area (Å²) in [5.41, 5.74) is 0.689. The lowest BCUT2D eigenvalue weighted by atomic mass is 10.1. The maximum atomic E-state index is 11.2. The van der Waals surface area contributed by atoms with Crippen molar-refractivity contribution in [3.8, 4) is 0 Å². The van der Waals surface area contributed by atoms with Crippen LogP contribution in [0.4, 0.5) is 0 Å². The number of aliphatic carboxylic acids is 1. The zero-order valence-electron chi connectivity index (χ0n) is 9.71. The van der Waals surface area contributed by atoms with Gasteiger partial charge in [0.25, 0.3) is 0 Å². The van der Waals surface area contributed by atoms with Crippen molar-refractivity contribution in [1.29, 1.82) is 0 Å². The van der Waals surface area contributed by atoms with Gasteiger partial charge in [-0.25, -0.2) is 0 Å². The highest BCUT2D eigenvalue weighted by molar-refractivity contribution is 9.10. The molecule has 0 bridgehead atoms. The second-order valence-electron chi connectivity index (χ2n) is 4.25. The minimum absolute atomic E-state index is 0.396. The topological polar surface area (TPSA) is 49.3 Å². The van der Waals surface area contributed by atoms with E-state index in [1.165, 1.54) is 0 Å². The summed E-state index contributed by atoms with van der Waals surface area (Å²) in [7, 11) is 0. The summed E-state index contributed by atoms with van der Waals surface area (Å²) in [4.78, 5) is 11.2. The number of benzene rings is 1. The van der Waals surface area contributed by atoms with Crippen LogP contribution in [0.25, 0.3) is 0 Å². The van der Waals surface area contributed by atoms with Crippen LogP contribution in [0, 0.1) is 5.92 Å². The molecule has 0 saturated carbocycles. The second-order valence-corrected chi connectivity index (χ2v) is 5.51. The minimum atomic E-state index is -0.889. The highest BCUT2D eigenvalue weighted by atomic mass is 79.9. The Kier molecular flexibility index (Phi) is 5.43. The van der Waals surface area contributed by atoms with Gasteiger partial charge in [0.15, 0.2) is 0 Å². The van der Waals surface area contributed by atoms with Crippen molar-refractivity contribution in [1.82, 2.24) is 5.32 Å². The molecule has 2 N–H and O–H groups in total. The lowest BCUT2D eigenvalue weighted by Gasteiger charge is -2.16. The highest BCUT2D eigenvalue weighted by Crippen LogP contribution is 2.26. The summed E-state index contributed by atoms with van der Waals surface area (Å²) in [6.45, 7) is 4.71. The highest BCUT2D eigenvalue weighted by Gasteiger charge is 2.20. The predicted molar refractivity (Wildman–Crippen MR) is 72.4 cm³/mol. The van der Waals surface area contributed by atoms with Gasteiger partial charge < -0.3 is 10.4 Å². The van der Waals surface area contributed by atoms with Gasteiger partial charge in [0, 0.05) is 4.47 Å². The van der Waals surface area contributed by atoms with Gasteiger partial charge >= 0.3 is 5.97 Å². The Hall–Kier alpha value is -0.580. The van der Waals surface area contributed by atoms with E-state index in [0.717, 1.165) is 0 Å². The fourth-order valence-electron chi connectivity index (χ4n) is 1.39. The Morgan fingerprint density at radius 1 is 1.53 bits per heavy atom. The molecule has 17 heavy (non-hydrogen) atoms. The molecule has 1 aromatic carbocycles. The molecule has 1 rings (SSSR count). The molecule has 0 saturated heterocycles. The van der Waals surface area contributed by atoms with E-state index >= 15 is 0 Å². The molecular formula is C12H15BrClNO2. The molecule has 94 valence electrons. The number of carboxylic acids is 1. The fraction of sp³-hybridized carbons (Fsp3) is 0.417. The normalized spacial score (nSPS) is 12.8. The molecule has 0 aromatic heterocycles. The summed E-state index contributed by atoms with van der Waals surface area (Å²) in [5.74, 6) is -0.493. The second kappa shape index (κ2) is 6.38. The lowest BCUT2D eigenvalue weighted by Crippen LogP contribution is -2.31. The van der Waals surface area contributed by atoms with Crippen LogP contribution in [-0.2, 0) is 4.79 Å². The number of carboxylic acid groups (broad SMARTS) is 1. The molecule has 5 heteroatoms. The summed E-state index contributed by atoms with van der Waals surface area (Å²) in [6.07, 6.45) is 0. The Bertz CT molecular complexity index is 409.